The van der Waals surface area contributed by atoms with E-state index in [9.17, 15) is 22.0 Å². The summed E-state index contributed by atoms with van der Waals surface area (Å²) in [6, 6.07) is 9.15. The largest absolute Gasteiger partial charge is 0.435 e. The van der Waals surface area contributed by atoms with Crippen molar-refractivity contribution in [3.05, 3.63) is 53.1 Å². The molecule has 0 unspecified atom stereocenters. The number of nitrogens with one attached hydrogen (secondary N) is 1. The summed E-state index contributed by atoms with van der Waals surface area (Å²) in [6.07, 6.45) is 0. The van der Waals surface area contributed by atoms with E-state index in [0.717, 1.165) is 4.31 Å². The predicted octanol–water partition coefficient (Wildman–Crippen LogP) is 3.44. The van der Waals surface area contributed by atoms with Crippen LogP contribution in [-0.2, 0) is 10.0 Å². The molecule has 0 bridgehead atoms. The van der Waals surface area contributed by atoms with Crippen LogP contribution < -0.4 is 10.1 Å². The molecule has 0 radical (unpaired) electrons. The van der Waals surface area contributed by atoms with E-state index in [1.165, 1.54) is 56.6 Å². The molecule has 140 valence electrons. The maximum Gasteiger partial charge on any atom is 0.387 e. The van der Waals surface area contributed by atoms with Gasteiger partial charge in [0.2, 0.25) is 10.0 Å². The van der Waals surface area contributed by atoms with Gasteiger partial charge in [0.05, 0.1) is 5.02 Å². The molecule has 0 aliphatic rings. The number of alkyl halides is 2. The number of hydrogen-bond acceptors (Lipinski definition) is 4. The second-order valence-corrected chi connectivity index (χ2v) is 7.82. The number of rotatable bonds is 6. The monoisotopic (exact) mass is 404 g/mol. The fourth-order valence-corrected chi connectivity index (χ4v) is 3.36. The molecule has 0 saturated heterocycles. The standard InChI is InChI=1S/C16H15ClF2N2O4S/c1-21(2)26(23,24)14-9-10(3-8-13(14)17)15(22)20-11-4-6-12(7-5-11)25-16(18)19/h3-9,16H,1-2H3,(H,20,22). The average molecular weight is 405 g/mol. The van der Waals surface area contributed by atoms with Crippen LogP contribution in [0.25, 0.3) is 0 Å². The molecule has 2 rings (SSSR count). The van der Waals surface area contributed by atoms with Crippen LogP contribution >= 0.6 is 11.6 Å². The SMILES string of the molecule is CN(C)S(=O)(=O)c1cc(C(=O)Nc2ccc(OC(F)F)cc2)ccc1Cl. The molecule has 0 aliphatic carbocycles. The second kappa shape index (κ2) is 7.98. The van der Waals surface area contributed by atoms with E-state index >= 15 is 0 Å². The number of benzene rings is 2. The molecule has 0 spiro atoms. The first-order valence-corrected chi connectivity index (χ1v) is 9.01. The molecule has 0 atom stereocenters. The van der Waals surface area contributed by atoms with Crippen LogP contribution in [0.3, 0.4) is 0 Å². The van der Waals surface area contributed by atoms with Gasteiger partial charge in [-0.05, 0) is 42.5 Å². The van der Waals surface area contributed by atoms with Crippen LogP contribution in [0, 0.1) is 0 Å². The van der Waals surface area contributed by atoms with Crippen molar-refractivity contribution in [2.24, 2.45) is 0 Å². The van der Waals surface area contributed by atoms with Crippen molar-refractivity contribution in [3.8, 4) is 5.75 Å². The van der Waals surface area contributed by atoms with E-state index in [0.29, 0.717) is 5.69 Å². The number of amides is 1. The number of sulfonamides is 1. The fourth-order valence-electron chi connectivity index (χ4n) is 1.96. The Bertz CT molecular complexity index is 903. The van der Waals surface area contributed by atoms with Crippen LogP contribution in [0.1, 0.15) is 10.4 Å². The second-order valence-electron chi connectivity index (χ2n) is 5.29. The Morgan fingerprint density at radius 3 is 2.31 bits per heavy atom. The summed E-state index contributed by atoms with van der Waals surface area (Å²) in [5.74, 6) is -0.636. The van der Waals surface area contributed by atoms with E-state index in [-0.39, 0.29) is 21.2 Å². The normalized spacial score (nSPS) is 11.7. The Morgan fingerprint density at radius 2 is 1.77 bits per heavy atom. The van der Waals surface area contributed by atoms with Gasteiger partial charge in [-0.2, -0.15) is 8.78 Å². The molecule has 1 N–H and O–H groups in total. The van der Waals surface area contributed by atoms with Gasteiger partial charge in [0, 0.05) is 25.3 Å². The Morgan fingerprint density at radius 1 is 1.15 bits per heavy atom. The summed E-state index contributed by atoms with van der Waals surface area (Å²) in [6.45, 7) is -2.94. The smallest absolute Gasteiger partial charge is 0.387 e. The molecule has 2 aromatic carbocycles. The lowest BCUT2D eigenvalue weighted by molar-refractivity contribution is -0.0498. The summed E-state index contributed by atoms with van der Waals surface area (Å²) in [5, 5.41) is 2.52. The molecule has 0 fully saturated rings. The highest BCUT2D eigenvalue weighted by Gasteiger charge is 2.22. The van der Waals surface area contributed by atoms with E-state index in [4.69, 9.17) is 11.6 Å². The van der Waals surface area contributed by atoms with E-state index in [1.54, 1.807) is 0 Å². The molecule has 10 heteroatoms. The lowest BCUT2D eigenvalue weighted by Gasteiger charge is -2.14. The van der Waals surface area contributed by atoms with E-state index in [1.807, 2.05) is 0 Å². The molecule has 2 aromatic rings. The number of hydrogen-bond donors (Lipinski definition) is 1. The molecule has 6 nitrogen and oxygen atoms in total. The fraction of sp³-hybridized carbons (Fsp3) is 0.188. The highest BCUT2D eigenvalue weighted by atomic mass is 35.5. The van der Waals surface area contributed by atoms with Gasteiger partial charge in [0.25, 0.3) is 5.91 Å². The third-order valence-electron chi connectivity index (χ3n) is 3.29. The van der Waals surface area contributed by atoms with E-state index in [2.05, 4.69) is 10.1 Å². The first kappa shape index (κ1) is 20.1. The molecule has 26 heavy (non-hydrogen) atoms. The number of ether oxygens (including phenoxy) is 1. The highest BCUT2D eigenvalue weighted by Crippen LogP contribution is 2.25. The summed E-state index contributed by atoms with van der Waals surface area (Å²) >= 11 is 5.94. The average Bonchev–Trinajstić information content (AvgIpc) is 2.56. The van der Waals surface area contributed by atoms with Crippen LogP contribution in [0.5, 0.6) is 5.75 Å². The molecule has 0 saturated carbocycles. The Kier molecular flexibility index (Phi) is 6.17. The Hall–Kier alpha value is -2.23. The molecular weight excluding hydrogens is 390 g/mol. The maximum absolute atomic E-state index is 12.3. The highest BCUT2D eigenvalue weighted by molar-refractivity contribution is 7.89. The zero-order valence-corrected chi connectivity index (χ0v) is 15.3. The third-order valence-corrected chi connectivity index (χ3v) is 5.59. The third kappa shape index (κ3) is 4.69. The van der Waals surface area contributed by atoms with Gasteiger partial charge in [-0.15, -0.1) is 0 Å². The summed E-state index contributed by atoms with van der Waals surface area (Å²) in [4.78, 5) is 12.1. The van der Waals surface area contributed by atoms with Gasteiger partial charge in [0.1, 0.15) is 10.6 Å². The van der Waals surface area contributed by atoms with Crippen molar-refractivity contribution in [1.29, 1.82) is 0 Å². The van der Waals surface area contributed by atoms with Crippen LogP contribution in [0.4, 0.5) is 14.5 Å². The van der Waals surface area contributed by atoms with Gasteiger partial charge < -0.3 is 10.1 Å². The Balaban J connectivity index is 2.23. The van der Waals surface area contributed by atoms with Gasteiger partial charge in [0.15, 0.2) is 0 Å². The van der Waals surface area contributed by atoms with Gasteiger partial charge in [-0.3, -0.25) is 4.79 Å². The molecule has 0 aliphatic heterocycles. The zero-order chi connectivity index (χ0) is 19.5. The number of nitrogens with zero attached hydrogens (tertiary/aromatic N) is 1. The maximum atomic E-state index is 12.3. The van der Waals surface area contributed by atoms with Crippen molar-refractivity contribution in [1.82, 2.24) is 4.31 Å². The Labute approximate surface area is 154 Å². The topological polar surface area (TPSA) is 75.7 Å². The number of anilines is 1. The minimum atomic E-state index is -3.82. The summed E-state index contributed by atoms with van der Waals surface area (Å²) < 4.78 is 53.9. The lowest BCUT2D eigenvalue weighted by Crippen LogP contribution is -2.23. The minimum Gasteiger partial charge on any atom is -0.435 e. The summed E-state index contributed by atoms with van der Waals surface area (Å²) in [5.41, 5.74) is 0.395. The van der Waals surface area contributed by atoms with Crippen LogP contribution in [-0.4, -0.2) is 39.3 Å². The summed E-state index contributed by atoms with van der Waals surface area (Å²) in [7, 11) is -1.12. The van der Waals surface area contributed by atoms with Gasteiger partial charge >= 0.3 is 6.61 Å². The molecular formula is C16H15ClF2N2O4S. The van der Waals surface area contributed by atoms with Crippen molar-refractivity contribution < 1.29 is 26.7 Å². The van der Waals surface area contributed by atoms with Crippen molar-refractivity contribution in [2.45, 2.75) is 11.5 Å². The van der Waals surface area contributed by atoms with Crippen LogP contribution in [0.2, 0.25) is 5.02 Å². The first-order chi connectivity index (χ1) is 12.1. The lowest BCUT2D eigenvalue weighted by atomic mass is 10.2. The molecule has 1 amide bonds. The minimum absolute atomic E-state index is 0.0104. The number of carbonyl (C=O) groups excluding carboxylic acids is 1. The van der Waals surface area contributed by atoms with Crippen molar-refractivity contribution in [3.63, 3.8) is 0 Å². The zero-order valence-electron chi connectivity index (χ0n) is 13.7. The van der Waals surface area contributed by atoms with Crippen LogP contribution in [0.15, 0.2) is 47.4 Å². The molecule has 0 heterocycles. The predicted molar refractivity (Wildman–Crippen MR) is 93.4 cm³/mol. The van der Waals surface area contributed by atoms with Gasteiger partial charge in [-0.1, -0.05) is 11.6 Å². The first-order valence-electron chi connectivity index (χ1n) is 7.19. The molecule has 0 aromatic heterocycles. The van der Waals surface area contributed by atoms with Gasteiger partial charge in [-0.25, -0.2) is 12.7 Å². The van der Waals surface area contributed by atoms with Crippen molar-refractivity contribution >= 4 is 33.2 Å². The van der Waals surface area contributed by atoms with Crippen molar-refractivity contribution in [2.75, 3.05) is 19.4 Å². The quantitative estimate of drug-likeness (QED) is 0.800. The number of carbonyl (C=O) groups is 1. The van der Waals surface area contributed by atoms with E-state index < -0.39 is 22.5 Å². The number of halogens is 3.